The molecule has 0 aliphatic rings. The maximum absolute atomic E-state index is 11.6. The number of halogens is 1. The molecule has 4 rings (SSSR count). The number of hydrogen-bond donors (Lipinski definition) is 2. The van der Waals surface area contributed by atoms with Gasteiger partial charge in [-0.2, -0.15) is 5.26 Å². The van der Waals surface area contributed by atoms with Crippen molar-refractivity contribution >= 4 is 23.2 Å². The van der Waals surface area contributed by atoms with Crippen LogP contribution >= 0.6 is 11.6 Å². The van der Waals surface area contributed by atoms with Crippen molar-refractivity contribution in [2.45, 2.75) is 19.8 Å². The molecule has 2 aromatic carbocycles. The molecule has 0 aliphatic carbocycles. The molecular weight excluding hydrogens is 470 g/mol. The molecular formula is C25H24ClN5O4. The summed E-state index contributed by atoms with van der Waals surface area (Å²) in [6.45, 7) is 2.09. The van der Waals surface area contributed by atoms with E-state index in [1.807, 2.05) is 48.5 Å². The van der Waals surface area contributed by atoms with Gasteiger partial charge in [0.2, 0.25) is 5.75 Å². The first-order valence-electron chi connectivity index (χ1n) is 10.5. The molecule has 0 unspecified atom stereocenters. The van der Waals surface area contributed by atoms with E-state index in [9.17, 15) is 14.7 Å². The number of nitrogens with zero attached hydrogens (tertiary/aromatic N) is 4. The van der Waals surface area contributed by atoms with Crippen molar-refractivity contribution in [3.8, 4) is 11.8 Å². The number of hydrogen-bond acceptors (Lipinski definition) is 7. The number of aromatic nitrogens is 3. The van der Waals surface area contributed by atoms with Gasteiger partial charge in [-0.3, -0.25) is 14.2 Å². The van der Waals surface area contributed by atoms with Crippen molar-refractivity contribution in [1.82, 2.24) is 14.7 Å². The van der Waals surface area contributed by atoms with E-state index in [-0.39, 0.29) is 5.69 Å². The fourth-order valence-electron chi connectivity index (χ4n) is 2.67. The Kier molecular flexibility index (Phi) is 10.7. The minimum Gasteiger partial charge on any atom is -0.501 e. The van der Waals surface area contributed by atoms with Crippen LogP contribution in [0.1, 0.15) is 35.0 Å². The standard InChI is InChI=1S/C10H10ClN.C9H8N4O4.C6H6/c1-2-3-8-4-5-10(11)6-9(8)7-12;1-13-4-10-6(7(14)9(13)16)8(15)12-5-2-11-17-3-5;1-2-4-6-5-3-1/h4-6H,2-3H2,1H3;2-4,14H,1H3,(H,12,15);1-6H. The minimum absolute atomic E-state index is 0.303. The molecule has 10 heteroatoms. The van der Waals surface area contributed by atoms with E-state index < -0.39 is 17.2 Å². The van der Waals surface area contributed by atoms with E-state index in [0.717, 1.165) is 29.3 Å². The smallest absolute Gasteiger partial charge is 0.296 e. The van der Waals surface area contributed by atoms with Gasteiger partial charge >= 0.3 is 0 Å². The molecule has 0 radical (unpaired) electrons. The predicted octanol–water partition coefficient (Wildman–Crippen LogP) is 4.58. The number of nitriles is 1. The maximum Gasteiger partial charge on any atom is 0.296 e. The van der Waals surface area contributed by atoms with Crippen molar-refractivity contribution in [3.63, 3.8) is 0 Å². The third kappa shape index (κ3) is 8.46. The molecule has 9 nitrogen and oxygen atoms in total. The van der Waals surface area contributed by atoms with Crippen LogP contribution in [0.2, 0.25) is 5.02 Å². The van der Waals surface area contributed by atoms with Gasteiger partial charge < -0.3 is 14.9 Å². The number of carbonyl (C=O) groups is 1. The van der Waals surface area contributed by atoms with Crippen LogP contribution in [0.25, 0.3) is 0 Å². The average Bonchev–Trinajstić information content (AvgIpc) is 3.38. The maximum atomic E-state index is 11.6. The van der Waals surface area contributed by atoms with Crippen LogP contribution in [-0.2, 0) is 13.5 Å². The van der Waals surface area contributed by atoms with E-state index in [1.54, 1.807) is 6.07 Å². The summed E-state index contributed by atoms with van der Waals surface area (Å²) in [5, 5.41) is 24.6. The highest BCUT2D eigenvalue weighted by atomic mass is 35.5. The topological polar surface area (TPSA) is 134 Å². The van der Waals surface area contributed by atoms with Crippen molar-refractivity contribution in [2.24, 2.45) is 7.05 Å². The summed E-state index contributed by atoms with van der Waals surface area (Å²) >= 11 is 5.74. The summed E-state index contributed by atoms with van der Waals surface area (Å²) in [6.07, 6.45) is 5.62. The Morgan fingerprint density at radius 3 is 2.43 bits per heavy atom. The Bertz CT molecular complexity index is 1290. The summed E-state index contributed by atoms with van der Waals surface area (Å²) in [5.41, 5.74) is 1.04. The minimum atomic E-state index is -0.719. The van der Waals surface area contributed by atoms with Gasteiger partial charge in [-0.1, -0.05) is 72.6 Å². The van der Waals surface area contributed by atoms with Crippen LogP contribution in [-0.4, -0.2) is 25.7 Å². The zero-order chi connectivity index (χ0) is 25.6. The summed E-state index contributed by atoms with van der Waals surface area (Å²) in [6, 6.07) is 19.6. The molecule has 4 aromatic rings. The second kappa shape index (κ2) is 14.0. The Labute approximate surface area is 207 Å². The molecule has 0 saturated carbocycles. The van der Waals surface area contributed by atoms with Gasteiger partial charge in [0.15, 0.2) is 5.69 Å². The number of amides is 1. The van der Waals surface area contributed by atoms with Gasteiger partial charge in [-0.05, 0) is 24.1 Å². The molecule has 1 amide bonds. The molecule has 0 aliphatic heterocycles. The lowest BCUT2D eigenvalue weighted by Gasteiger charge is -2.04. The van der Waals surface area contributed by atoms with Crippen LogP contribution in [0.4, 0.5) is 5.69 Å². The van der Waals surface area contributed by atoms with E-state index in [2.05, 4.69) is 33.0 Å². The summed E-state index contributed by atoms with van der Waals surface area (Å²) in [4.78, 5) is 26.7. The molecule has 35 heavy (non-hydrogen) atoms. The Hall–Kier alpha value is -4.42. The van der Waals surface area contributed by atoms with Gasteiger partial charge in [-0.25, -0.2) is 4.98 Å². The zero-order valence-electron chi connectivity index (χ0n) is 19.2. The van der Waals surface area contributed by atoms with E-state index in [4.69, 9.17) is 16.9 Å². The Balaban J connectivity index is 0.000000207. The first kappa shape index (κ1) is 26.8. The fourth-order valence-corrected chi connectivity index (χ4v) is 2.85. The first-order chi connectivity index (χ1) is 16.9. The summed E-state index contributed by atoms with van der Waals surface area (Å²) in [5.74, 6) is -1.42. The first-order valence-corrected chi connectivity index (χ1v) is 10.9. The van der Waals surface area contributed by atoms with Crippen LogP contribution in [0.5, 0.6) is 5.75 Å². The number of carbonyl (C=O) groups excluding carboxylic acids is 1. The highest BCUT2D eigenvalue weighted by Gasteiger charge is 2.17. The molecule has 0 spiro atoms. The Morgan fingerprint density at radius 2 is 1.89 bits per heavy atom. The lowest BCUT2D eigenvalue weighted by molar-refractivity contribution is 0.101. The number of nitrogens with one attached hydrogen (secondary N) is 1. The third-order valence-corrected chi connectivity index (χ3v) is 4.63. The largest absolute Gasteiger partial charge is 0.501 e. The Morgan fingerprint density at radius 1 is 1.23 bits per heavy atom. The lowest BCUT2D eigenvalue weighted by Crippen LogP contribution is -2.22. The molecule has 2 N–H and O–H groups in total. The van der Waals surface area contributed by atoms with Gasteiger partial charge in [0.05, 0.1) is 24.2 Å². The average molecular weight is 494 g/mol. The van der Waals surface area contributed by atoms with Crippen molar-refractivity contribution in [1.29, 1.82) is 5.26 Å². The fraction of sp³-hybridized carbons (Fsp3) is 0.160. The van der Waals surface area contributed by atoms with E-state index in [0.29, 0.717) is 16.3 Å². The number of benzene rings is 2. The van der Waals surface area contributed by atoms with Gasteiger partial charge in [0, 0.05) is 12.1 Å². The van der Waals surface area contributed by atoms with E-state index >= 15 is 0 Å². The predicted molar refractivity (Wildman–Crippen MR) is 132 cm³/mol. The quantitative estimate of drug-likeness (QED) is 0.425. The highest BCUT2D eigenvalue weighted by Crippen LogP contribution is 2.16. The van der Waals surface area contributed by atoms with Gasteiger partial charge in [0.25, 0.3) is 11.5 Å². The van der Waals surface area contributed by atoms with Crippen LogP contribution < -0.4 is 10.9 Å². The van der Waals surface area contributed by atoms with Crippen molar-refractivity contribution < 1.29 is 14.4 Å². The molecule has 0 fully saturated rings. The van der Waals surface area contributed by atoms with Gasteiger partial charge in [-0.15, -0.1) is 0 Å². The van der Waals surface area contributed by atoms with E-state index in [1.165, 1.54) is 19.5 Å². The highest BCUT2D eigenvalue weighted by molar-refractivity contribution is 6.30. The summed E-state index contributed by atoms with van der Waals surface area (Å²) < 4.78 is 5.57. The summed E-state index contributed by atoms with van der Waals surface area (Å²) in [7, 11) is 1.41. The molecule has 0 bridgehead atoms. The van der Waals surface area contributed by atoms with Crippen LogP contribution in [0, 0.1) is 11.3 Å². The van der Waals surface area contributed by atoms with Crippen LogP contribution in [0.3, 0.4) is 0 Å². The normalized spacial score (nSPS) is 9.54. The number of aromatic hydroxyl groups is 1. The number of rotatable bonds is 4. The zero-order valence-corrected chi connectivity index (χ0v) is 19.9. The van der Waals surface area contributed by atoms with Gasteiger partial charge in [0.1, 0.15) is 12.0 Å². The molecule has 0 atom stereocenters. The van der Waals surface area contributed by atoms with Crippen molar-refractivity contribution in [3.05, 3.63) is 106 Å². The molecule has 0 saturated heterocycles. The second-order valence-electron chi connectivity index (χ2n) is 7.04. The van der Waals surface area contributed by atoms with Crippen molar-refractivity contribution in [2.75, 3.05) is 5.32 Å². The lowest BCUT2D eigenvalue weighted by atomic mass is 10.0. The molecule has 2 heterocycles. The molecule has 180 valence electrons. The number of aryl methyl sites for hydroxylation is 2. The second-order valence-corrected chi connectivity index (χ2v) is 7.48. The SMILES string of the molecule is CCCc1ccc(Cl)cc1C#N.Cn1cnc(C(=O)Nc2cnoc2)c(O)c1=O.c1ccccc1. The van der Waals surface area contributed by atoms with Crippen LogP contribution in [0.15, 0.2) is 82.7 Å². The third-order valence-electron chi connectivity index (χ3n) is 4.39. The number of anilines is 1. The monoisotopic (exact) mass is 493 g/mol. The molecule has 2 aromatic heterocycles.